The minimum absolute atomic E-state index is 0.0375. The van der Waals surface area contributed by atoms with Crippen molar-refractivity contribution in [2.75, 3.05) is 5.75 Å². The van der Waals surface area contributed by atoms with Crippen LogP contribution in [-0.4, -0.2) is 34.4 Å². The topological polar surface area (TPSA) is 87.0 Å². The van der Waals surface area contributed by atoms with E-state index in [0.717, 1.165) is 5.56 Å². The van der Waals surface area contributed by atoms with Gasteiger partial charge < -0.3 is 4.18 Å². The van der Waals surface area contributed by atoms with E-state index < -0.39 is 10.1 Å². The summed E-state index contributed by atoms with van der Waals surface area (Å²) in [6.07, 6.45) is 0. The van der Waals surface area contributed by atoms with Gasteiger partial charge in [-0.1, -0.05) is 29.8 Å². The van der Waals surface area contributed by atoms with Crippen LogP contribution in [0.2, 0.25) is 5.02 Å². The maximum Gasteiger partial charge on any atom is 0.311 e. The summed E-state index contributed by atoms with van der Waals surface area (Å²) in [4.78, 5) is 1.22. The molecule has 3 rings (SSSR count). The first-order valence-electron chi connectivity index (χ1n) is 7.03. The summed E-state index contributed by atoms with van der Waals surface area (Å²) in [5, 5.41) is 12.5. The van der Waals surface area contributed by atoms with Crippen LogP contribution in [0.15, 0.2) is 54.6 Å². The summed E-state index contributed by atoms with van der Waals surface area (Å²) in [6, 6.07) is 15.3. The molecular weight excluding hydrogens is 352 g/mol. The fourth-order valence-corrected chi connectivity index (χ4v) is 2.91. The highest BCUT2D eigenvalue weighted by molar-refractivity contribution is 7.87. The molecule has 0 spiro atoms. The van der Waals surface area contributed by atoms with Crippen LogP contribution in [0.4, 0.5) is 0 Å². The SMILES string of the molecule is O=S(=O)(CCn1nnc(-c2ccc(Cl)cc2)n1)Oc1ccccc1. The molecule has 0 fully saturated rings. The number of aromatic nitrogens is 4. The molecule has 1 aromatic heterocycles. The lowest BCUT2D eigenvalue weighted by Crippen LogP contribution is -2.19. The van der Waals surface area contributed by atoms with Crippen molar-refractivity contribution >= 4 is 21.7 Å². The third-order valence-corrected chi connectivity index (χ3v) is 4.44. The van der Waals surface area contributed by atoms with Crippen molar-refractivity contribution < 1.29 is 12.6 Å². The summed E-state index contributed by atoms with van der Waals surface area (Å²) in [6.45, 7) is 0.0375. The molecule has 0 saturated heterocycles. The average Bonchev–Trinajstić information content (AvgIpc) is 3.03. The molecule has 0 aliphatic rings. The van der Waals surface area contributed by atoms with Crippen LogP contribution in [0.5, 0.6) is 5.75 Å². The van der Waals surface area contributed by atoms with Gasteiger partial charge in [0.2, 0.25) is 5.82 Å². The molecule has 0 unspecified atom stereocenters. The largest absolute Gasteiger partial charge is 0.382 e. The Morgan fingerprint density at radius 1 is 1.04 bits per heavy atom. The Morgan fingerprint density at radius 2 is 1.75 bits per heavy atom. The molecule has 0 radical (unpaired) electrons. The Kier molecular flexibility index (Phi) is 4.77. The third kappa shape index (κ3) is 4.30. The van der Waals surface area contributed by atoms with Crippen molar-refractivity contribution in [3.8, 4) is 17.1 Å². The molecule has 7 nitrogen and oxygen atoms in total. The number of hydrogen-bond acceptors (Lipinski definition) is 6. The van der Waals surface area contributed by atoms with Gasteiger partial charge in [-0.25, -0.2) is 0 Å². The highest BCUT2D eigenvalue weighted by Crippen LogP contribution is 2.17. The van der Waals surface area contributed by atoms with E-state index in [0.29, 0.717) is 10.8 Å². The van der Waals surface area contributed by atoms with Gasteiger partial charge in [0, 0.05) is 10.6 Å². The van der Waals surface area contributed by atoms with E-state index in [4.69, 9.17) is 15.8 Å². The monoisotopic (exact) mass is 364 g/mol. The summed E-state index contributed by atoms with van der Waals surface area (Å²) in [5.41, 5.74) is 0.744. The van der Waals surface area contributed by atoms with Gasteiger partial charge in [-0.3, -0.25) is 0 Å². The molecule has 0 aliphatic heterocycles. The number of hydrogen-bond donors (Lipinski definition) is 0. The molecule has 2 aromatic carbocycles. The predicted octanol–water partition coefficient (Wildman–Crippen LogP) is 2.40. The minimum Gasteiger partial charge on any atom is -0.382 e. The Bertz CT molecular complexity index is 911. The lowest BCUT2D eigenvalue weighted by Gasteiger charge is -2.05. The Hall–Kier alpha value is -2.45. The van der Waals surface area contributed by atoms with E-state index in [-0.39, 0.29) is 18.0 Å². The lowest BCUT2D eigenvalue weighted by molar-refractivity contribution is 0.470. The number of nitrogens with zero attached hydrogens (tertiary/aromatic N) is 4. The maximum atomic E-state index is 12.0. The van der Waals surface area contributed by atoms with Gasteiger partial charge in [0.25, 0.3) is 0 Å². The van der Waals surface area contributed by atoms with Crippen LogP contribution in [-0.2, 0) is 16.7 Å². The van der Waals surface area contributed by atoms with Crippen LogP contribution in [0.1, 0.15) is 0 Å². The molecule has 0 saturated carbocycles. The zero-order valence-electron chi connectivity index (χ0n) is 12.4. The van der Waals surface area contributed by atoms with Crippen LogP contribution in [0.25, 0.3) is 11.4 Å². The molecule has 3 aromatic rings. The van der Waals surface area contributed by atoms with Crippen molar-refractivity contribution in [3.63, 3.8) is 0 Å². The van der Waals surface area contributed by atoms with Gasteiger partial charge in [-0.15, -0.1) is 10.2 Å². The van der Waals surface area contributed by atoms with Crippen molar-refractivity contribution in [2.45, 2.75) is 6.54 Å². The molecule has 124 valence electrons. The van der Waals surface area contributed by atoms with E-state index in [9.17, 15) is 8.42 Å². The fourth-order valence-electron chi connectivity index (χ4n) is 1.91. The first-order chi connectivity index (χ1) is 11.5. The number of aryl methyl sites for hydroxylation is 1. The molecule has 1 heterocycles. The van der Waals surface area contributed by atoms with E-state index in [2.05, 4.69) is 15.4 Å². The normalized spacial score (nSPS) is 11.4. The molecule has 0 atom stereocenters. The van der Waals surface area contributed by atoms with Gasteiger partial charge in [-0.2, -0.15) is 13.2 Å². The molecule has 0 aliphatic carbocycles. The van der Waals surface area contributed by atoms with Crippen LogP contribution in [0.3, 0.4) is 0 Å². The van der Waals surface area contributed by atoms with Gasteiger partial charge in [-0.05, 0) is 41.6 Å². The number of tetrazole rings is 1. The van der Waals surface area contributed by atoms with Crippen molar-refractivity contribution in [1.29, 1.82) is 0 Å². The molecule has 24 heavy (non-hydrogen) atoms. The summed E-state index contributed by atoms with van der Waals surface area (Å²) in [7, 11) is -3.74. The van der Waals surface area contributed by atoms with Gasteiger partial charge in [0.05, 0.1) is 6.54 Å². The Morgan fingerprint density at radius 3 is 2.46 bits per heavy atom. The lowest BCUT2D eigenvalue weighted by atomic mass is 10.2. The third-order valence-electron chi connectivity index (χ3n) is 3.06. The average molecular weight is 365 g/mol. The van der Waals surface area contributed by atoms with Crippen LogP contribution >= 0.6 is 11.6 Å². The number of benzene rings is 2. The predicted molar refractivity (Wildman–Crippen MR) is 89.1 cm³/mol. The van der Waals surface area contributed by atoms with E-state index >= 15 is 0 Å². The van der Waals surface area contributed by atoms with Crippen LogP contribution in [0, 0.1) is 0 Å². The molecule has 0 bridgehead atoms. The van der Waals surface area contributed by atoms with Gasteiger partial charge >= 0.3 is 10.1 Å². The fraction of sp³-hybridized carbons (Fsp3) is 0.133. The summed E-state index contributed by atoms with van der Waals surface area (Å²) >= 11 is 5.83. The first-order valence-corrected chi connectivity index (χ1v) is 8.98. The summed E-state index contributed by atoms with van der Waals surface area (Å²) in [5.74, 6) is 0.400. The second-order valence-electron chi connectivity index (χ2n) is 4.87. The van der Waals surface area contributed by atoms with Crippen molar-refractivity contribution in [1.82, 2.24) is 20.2 Å². The zero-order valence-corrected chi connectivity index (χ0v) is 14.0. The molecule has 0 N–H and O–H groups in total. The van der Waals surface area contributed by atoms with Gasteiger partial charge in [0.15, 0.2) is 0 Å². The standard InChI is InChI=1S/C15H13ClN4O3S/c16-13-8-6-12(7-9-13)15-17-19-20(18-15)10-11-24(21,22)23-14-4-2-1-3-5-14/h1-9H,10-11H2. The molecule has 0 amide bonds. The minimum atomic E-state index is -3.74. The summed E-state index contributed by atoms with van der Waals surface area (Å²) < 4.78 is 28.9. The number of para-hydroxylation sites is 1. The second kappa shape index (κ2) is 6.98. The molecule has 9 heteroatoms. The number of halogens is 1. The van der Waals surface area contributed by atoms with Crippen molar-refractivity contribution in [3.05, 3.63) is 59.6 Å². The second-order valence-corrected chi connectivity index (χ2v) is 7.00. The quantitative estimate of drug-likeness (QED) is 0.624. The maximum absolute atomic E-state index is 12.0. The van der Waals surface area contributed by atoms with E-state index in [1.807, 2.05) is 0 Å². The van der Waals surface area contributed by atoms with E-state index in [1.165, 1.54) is 4.80 Å². The smallest absolute Gasteiger partial charge is 0.311 e. The Balaban J connectivity index is 1.63. The first kappa shape index (κ1) is 16.4. The van der Waals surface area contributed by atoms with Crippen LogP contribution < -0.4 is 4.18 Å². The highest BCUT2D eigenvalue weighted by Gasteiger charge is 2.14. The highest BCUT2D eigenvalue weighted by atomic mass is 35.5. The zero-order chi connectivity index (χ0) is 17.0. The number of rotatable bonds is 6. The van der Waals surface area contributed by atoms with Crippen molar-refractivity contribution in [2.24, 2.45) is 0 Å². The van der Waals surface area contributed by atoms with Gasteiger partial charge in [0.1, 0.15) is 11.5 Å². The molecular formula is C15H13ClN4O3S. The Labute approximate surface area is 144 Å². The van der Waals surface area contributed by atoms with E-state index in [1.54, 1.807) is 54.6 Å².